The molecule has 0 aromatic carbocycles. The number of piperazine rings is 1. The maximum atomic E-state index is 12.8. The average Bonchev–Trinajstić information content (AvgIpc) is 3.40. The number of aliphatic hydroxyl groups is 4. The van der Waals surface area contributed by atoms with E-state index in [2.05, 4.69) is 28.5 Å². The van der Waals surface area contributed by atoms with Crippen molar-refractivity contribution in [1.82, 2.24) is 19.6 Å². The summed E-state index contributed by atoms with van der Waals surface area (Å²) in [4.78, 5) is 69.5. The summed E-state index contributed by atoms with van der Waals surface area (Å²) in [5.74, 6) is 1.01. The van der Waals surface area contributed by atoms with Gasteiger partial charge in [0.25, 0.3) is 0 Å². The number of ether oxygens (including phenoxy) is 5. The molecule has 0 spiro atoms. The van der Waals surface area contributed by atoms with Crippen molar-refractivity contribution in [3.8, 4) is 0 Å². The highest BCUT2D eigenvalue weighted by molar-refractivity contribution is 8.76. The Balaban J connectivity index is 2.44. The SMILES string of the molecule is CCCCOC(=O)CCCCCCC(O)CN(CCCSSCCN1CCN(CCOC(=O)CCCN(CC(O)CCCCC(=O)OC(C)C)CC(O)CCCCC(=O)OC(C)C)CC1)CC(O)CCCCCCC(=O)OCCCC. The average molecular weight is 1190 g/mol. The molecule has 0 aromatic rings. The standard InChI is InChI=1S/C61H116N4O14S2/c1-7-9-42-75-57(70)29-17-13-11-15-25-53(66)49-65(50-54(67)26-16-12-14-18-30-58(71)76-43-10-8-2)35-24-45-80-81-46-41-63-38-36-62(37-39-63)40-44-77-59(72)33-23-34-64(47-55(68)27-19-21-31-60(73)78-51(3)4)48-56(69)28-20-22-32-61(74)79-52(5)6/h51-56,66-69H,7-50H2,1-6H3. The van der Waals surface area contributed by atoms with Crippen molar-refractivity contribution in [3.05, 3.63) is 0 Å². The van der Waals surface area contributed by atoms with Crippen LogP contribution >= 0.6 is 21.6 Å². The second-order valence-corrected chi connectivity index (χ2v) is 25.5. The van der Waals surface area contributed by atoms with Crippen molar-refractivity contribution in [2.75, 3.05) is 110 Å². The molecule has 1 fully saturated rings. The molecule has 18 nitrogen and oxygen atoms in total. The molecule has 1 aliphatic heterocycles. The minimum atomic E-state index is -0.652. The molecule has 0 amide bonds. The fraction of sp³-hybridized carbons (Fsp3) is 0.918. The van der Waals surface area contributed by atoms with Crippen molar-refractivity contribution >= 4 is 51.4 Å². The first-order chi connectivity index (χ1) is 39.0. The van der Waals surface area contributed by atoms with Crippen molar-refractivity contribution < 1.29 is 68.1 Å². The Labute approximate surface area is 498 Å². The summed E-state index contributed by atoms with van der Waals surface area (Å²) in [7, 11) is 3.77. The van der Waals surface area contributed by atoms with Crippen molar-refractivity contribution in [3.63, 3.8) is 0 Å². The zero-order chi connectivity index (χ0) is 59.7. The smallest absolute Gasteiger partial charge is 0.306 e. The monoisotopic (exact) mass is 1190 g/mol. The summed E-state index contributed by atoms with van der Waals surface area (Å²) in [6, 6.07) is 0. The van der Waals surface area contributed by atoms with E-state index in [1.165, 1.54) is 0 Å². The molecule has 4 N–H and O–H groups in total. The number of carbonyl (C=O) groups excluding carboxylic acids is 5. The number of hydrogen-bond donors (Lipinski definition) is 4. The lowest BCUT2D eigenvalue weighted by molar-refractivity contribution is -0.148. The predicted molar refractivity (Wildman–Crippen MR) is 326 cm³/mol. The van der Waals surface area contributed by atoms with Gasteiger partial charge >= 0.3 is 29.8 Å². The second-order valence-electron chi connectivity index (χ2n) is 22.8. The summed E-state index contributed by atoms with van der Waals surface area (Å²) < 4.78 is 26.6. The number of unbranched alkanes of at least 4 members (excludes halogenated alkanes) is 10. The largest absolute Gasteiger partial charge is 0.466 e. The molecule has 0 aliphatic carbocycles. The fourth-order valence-electron chi connectivity index (χ4n) is 9.50. The normalized spacial score (nSPS) is 14.8. The number of aliphatic hydroxyl groups excluding tert-OH is 4. The van der Waals surface area contributed by atoms with Crippen LogP contribution in [-0.4, -0.2) is 216 Å². The Morgan fingerprint density at radius 3 is 1.16 bits per heavy atom. The molecule has 4 unspecified atom stereocenters. The van der Waals surface area contributed by atoms with Gasteiger partial charge in [-0.25, -0.2) is 0 Å². The van der Waals surface area contributed by atoms with Crippen molar-refractivity contribution in [2.24, 2.45) is 0 Å². The van der Waals surface area contributed by atoms with Gasteiger partial charge in [-0.2, -0.15) is 0 Å². The zero-order valence-corrected chi connectivity index (χ0v) is 53.2. The Kier molecular flexibility index (Phi) is 49.4. The van der Waals surface area contributed by atoms with E-state index in [1.807, 2.05) is 54.2 Å². The summed E-state index contributed by atoms with van der Waals surface area (Å²) in [5.41, 5.74) is 0. The lowest BCUT2D eigenvalue weighted by Gasteiger charge is -2.34. The third-order valence-corrected chi connectivity index (χ3v) is 16.5. The van der Waals surface area contributed by atoms with Gasteiger partial charge < -0.3 is 44.1 Å². The van der Waals surface area contributed by atoms with Crippen LogP contribution in [0, 0.1) is 0 Å². The van der Waals surface area contributed by atoms with E-state index in [4.69, 9.17) is 23.7 Å². The number of esters is 5. The second kappa shape index (κ2) is 52.1. The summed E-state index contributed by atoms with van der Waals surface area (Å²) in [6.45, 7) is 21.2. The molecule has 4 atom stereocenters. The minimum absolute atomic E-state index is 0.122. The van der Waals surface area contributed by atoms with E-state index >= 15 is 0 Å². The predicted octanol–water partition coefficient (Wildman–Crippen LogP) is 9.14. The first-order valence-electron chi connectivity index (χ1n) is 31.7. The van der Waals surface area contributed by atoms with Crippen molar-refractivity contribution in [2.45, 2.75) is 252 Å². The van der Waals surface area contributed by atoms with Gasteiger partial charge in [0.05, 0.1) is 49.8 Å². The van der Waals surface area contributed by atoms with E-state index in [9.17, 15) is 44.4 Å². The number of hydrogen-bond acceptors (Lipinski definition) is 20. The zero-order valence-electron chi connectivity index (χ0n) is 51.6. The first-order valence-corrected chi connectivity index (χ1v) is 34.2. The molecule has 1 heterocycles. The molecule has 0 aromatic heterocycles. The van der Waals surface area contributed by atoms with E-state index < -0.39 is 24.4 Å². The van der Waals surface area contributed by atoms with Crippen LogP contribution in [0.4, 0.5) is 0 Å². The van der Waals surface area contributed by atoms with E-state index in [0.29, 0.717) is 143 Å². The topological polar surface area (TPSA) is 225 Å². The number of rotatable bonds is 55. The number of nitrogens with zero attached hydrogens (tertiary/aromatic N) is 4. The quantitative estimate of drug-likeness (QED) is 0.0193. The maximum Gasteiger partial charge on any atom is 0.306 e. The van der Waals surface area contributed by atoms with Crippen LogP contribution in [0.5, 0.6) is 0 Å². The Morgan fingerprint density at radius 1 is 0.407 bits per heavy atom. The molecule has 0 saturated carbocycles. The van der Waals surface area contributed by atoms with Gasteiger partial charge in [0, 0.05) is 109 Å². The van der Waals surface area contributed by atoms with Gasteiger partial charge in [-0.3, -0.25) is 43.6 Å². The first kappa shape index (κ1) is 76.7. The molecule has 1 rings (SSSR count). The van der Waals surface area contributed by atoms with Crippen LogP contribution in [0.3, 0.4) is 0 Å². The van der Waals surface area contributed by atoms with Crippen LogP contribution < -0.4 is 0 Å². The van der Waals surface area contributed by atoms with E-state index in [-0.39, 0.29) is 48.5 Å². The van der Waals surface area contributed by atoms with Crippen LogP contribution in [0.25, 0.3) is 0 Å². The Hall–Kier alpha value is -2.27. The highest BCUT2D eigenvalue weighted by Gasteiger charge is 2.21. The Bertz CT molecular complexity index is 1480. The summed E-state index contributed by atoms with van der Waals surface area (Å²) in [5, 5.41) is 43.8. The lowest BCUT2D eigenvalue weighted by Crippen LogP contribution is -2.47. The summed E-state index contributed by atoms with van der Waals surface area (Å²) in [6.07, 6.45) is 16.6. The third kappa shape index (κ3) is 48.6. The molecule has 1 aliphatic rings. The van der Waals surface area contributed by atoms with Gasteiger partial charge in [0.1, 0.15) is 6.61 Å². The van der Waals surface area contributed by atoms with Crippen LogP contribution in [0.1, 0.15) is 215 Å². The van der Waals surface area contributed by atoms with Gasteiger partial charge in [-0.1, -0.05) is 99.6 Å². The maximum absolute atomic E-state index is 12.8. The van der Waals surface area contributed by atoms with Gasteiger partial charge in [0.2, 0.25) is 0 Å². The highest BCUT2D eigenvalue weighted by atomic mass is 33.1. The highest BCUT2D eigenvalue weighted by Crippen LogP contribution is 2.23. The molecular formula is C61H116N4O14S2. The van der Waals surface area contributed by atoms with E-state index in [0.717, 1.165) is 134 Å². The molecule has 0 radical (unpaired) electrons. The van der Waals surface area contributed by atoms with Crippen LogP contribution in [-0.2, 0) is 47.7 Å². The Morgan fingerprint density at radius 2 is 0.741 bits per heavy atom. The minimum Gasteiger partial charge on any atom is -0.466 e. The molecular weight excluding hydrogens is 1080 g/mol. The van der Waals surface area contributed by atoms with Crippen LogP contribution in [0.15, 0.2) is 0 Å². The third-order valence-electron chi connectivity index (χ3n) is 14.1. The van der Waals surface area contributed by atoms with E-state index in [1.54, 1.807) is 0 Å². The molecule has 0 bridgehead atoms. The molecule has 476 valence electrons. The van der Waals surface area contributed by atoms with Crippen molar-refractivity contribution in [1.29, 1.82) is 0 Å². The molecule has 1 saturated heterocycles. The lowest BCUT2D eigenvalue weighted by atomic mass is 10.1. The summed E-state index contributed by atoms with van der Waals surface area (Å²) >= 11 is 0. The van der Waals surface area contributed by atoms with Crippen LogP contribution in [0.2, 0.25) is 0 Å². The number of carbonyl (C=O) groups is 5. The van der Waals surface area contributed by atoms with Gasteiger partial charge in [-0.15, -0.1) is 0 Å². The molecule has 20 heteroatoms. The van der Waals surface area contributed by atoms with Gasteiger partial charge in [0.15, 0.2) is 0 Å². The molecule has 81 heavy (non-hydrogen) atoms. The van der Waals surface area contributed by atoms with Gasteiger partial charge in [-0.05, 0) is 118 Å². The fourth-order valence-corrected chi connectivity index (χ4v) is 11.6.